The topological polar surface area (TPSA) is 68.3 Å². The van der Waals surface area contributed by atoms with Gasteiger partial charge in [-0.3, -0.25) is 14.4 Å². The molecular weight excluding hydrogens is 432 g/mol. The van der Waals surface area contributed by atoms with Gasteiger partial charge < -0.3 is 9.47 Å². The van der Waals surface area contributed by atoms with Crippen LogP contribution in [-0.2, 0) is 14.4 Å². The molecule has 0 unspecified atom stereocenters. The molecule has 7 heteroatoms. The summed E-state index contributed by atoms with van der Waals surface area (Å²) in [6.07, 6.45) is -0.907. The van der Waals surface area contributed by atoms with E-state index in [0.29, 0.717) is 24.7 Å². The van der Waals surface area contributed by atoms with E-state index >= 15 is 0 Å². The number of imide groups is 1. The van der Waals surface area contributed by atoms with Crippen LogP contribution in [-0.4, -0.2) is 31.1 Å². The highest BCUT2D eigenvalue weighted by molar-refractivity contribution is 6.23. The van der Waals surface area contributed by atoms with Crippen LogP contribution in [0.3, 0.4) is 0 Å². The lowest BCUT2D eigenvalue weighted by atomic mass is 9.90. The van der Waals surface area contributed by atoms with Crippen LogP contribution in [0.15, 0.2) is 78.9 Å². The van der Waals surface area contributed by atoms with Gasteiger partial charge in [0.05, 0.1) is 30.6 Å². The zero-order chi connectivity index (χ0) is 23.7. The fourth-order valence-electron chi connectivity index (χ4n) is 4.59. The molecular formula is C27H26N2O5. The highest BCUT2D eigenvalue weighted by atomic mass is 16.7. The van der Waals surface area contributed by atoms with Crippen molar-refractivity contribution >= 4 is 23.2 Å². The quantitative estimate of drug-likeness (QED) is 0.485. The molecule has 0 aromatic heterocycles. The average Bonchev–Trinajstić information content (AvgIpc) is 3.37. The Morgan fingerprint density at radius 2 is 1.32 bits per heavy atom. The molecule has 2 aliphatic heterocycles. The Labute approximate surface area is 198 Å². The van der Waals surface area contributed by atoms with E-state index in [4.69, 9.17) is 14.3 Å². The molecule has 7 nitrogen and oxygen atoms in total. The van der Waals surface area contributed by atoms with Crippen LogP contribution in [0.4, 0.5) is 11.4 Å². The molecule has 0 radical (unpaired) electrons. The van der Waals surface area contributed by atoms with E-state index in [1.54, 1.807) is 29.3 Å². The predicted octanol–water partition coefficient (Wildman–Crippen LogP) is 4.54. The van der Waals surface area contributed by atoms with Crippen LogP contribution in [0, 0.1) is 5.92 Å². The number of benzene rings is 3. The number of rotatable bonds is 7. The highest BCUT2D eigenvalue weighted by Gasteiger charge is 2.60. The van der Waals surface area contributed by atoms with Crippen molar-refractivity contribution < 1.29 is 23.9 Å². The number of hydrogen-bond donors (Lipinski definition) is 0. The normalized spacial score (nSPS) is 21.6. The molecule has 2 amide bonds. The van der Waals surface area contributed by atoms with Gasteiger partial charge in [0.15, 0.2) is 6.10 Å². The zero-order valence-electron chi connectivity index (χ0n) is 19.1. The third-order valence-electron chi connectivity index (χ3n) is 6.06. The second kappa shape index (κ2) is 9.19. The summed E-state index contributed by atoms with van der Waals surface area (Å²) in [5.41, 5.74) is 2.16. The Hall–Kier alpha value is -3.84. The zero-order valence-corrected chi connectivity index (χ0v) is 19.1. The largest absolute Gasteiger partial charge is 0.494 e. The molecule has 0 spiro atoms. The Kier molecular flexibility index (Phi) is 5.94. The van der Waals surface area contributed by atoms with Gasteiger partial charge in [-0.2, -0.15) is 0 Å². The van der Waals surface area contributed by atoms with E-state index in [1.165, 1.54) is 4.90 Å². The first-order valence-corrected chi connectivity index (χ1v) is 11.5. The summed E-state index contributed by atoms with van der Waals surface area (Å²) in [6.45, 7) is 4.94. The van der Waals surface area contributed by atoms with Crippen molar-refractivity contribution in [1.29, 1.82) is 0 Å². The predicted molar refractivity (Wildman–Crippen MR) is 128 cm³/mol. The van der Waals surface area contributed by atoms with Crippen LogP contribution >= 0.6 is 0 Å². The summed E-state index contributed by atoms with van der Waals surface area (Å²) in [6, 6.07) is 23.6. The van der Waals surface area contributed by atoms with E-state index in [2.05, 4.69) is 0 Å². The van der Waals surface area contributed by atoms with Crippen molar-refractivity contribution in [3.63, 3.8) is 0 Å². The summed E-state index contributed by atoms with van der Waals surface area (Å²) in [4.78, 5) is 34.5. The second-order valence-corrected chi connectivity index (χ2v) is 8.10. The van der Waals surface area contributed by atoms with Gasteiger partial charge >= 0.3 is 0 Å². The first-order valence-electron chi connectivity index (χ1n) is 11.5. The van der Waals surface area contributed by atoms with Crippen LogP contribution in [0.5, 0.6) is 11.5 Å². The number of fused-ring (bicyclic) bond motifs is 1. The molecule has 3 aromatic rings. The lowest BCUT2D eigenvalue weighted by Gasteiger charge is -2.28. The van der Waals surface area contributed by atoms with Crippen LogP contribution in [0.25, 0.3) is 0 Å². The van der Waals surface area contributed by atoms with Gasteiger partial charge in [0.25, 0.3) is 5.91 Å². The smallest absolute Gasteiger partial charge is 0.266 e. The van der Waals surface area contributed by atoms with E-state index < -0.39 is 18.1 Å². The molecule has 174 valence electrons. The Bertz CT molecular complexity index is 1160. The number of para-hydroxylation sites is 1. The van der Waals surface area contributed by atoms with Gasteiger partial charge in [-0.25, -0.2) is 9.96 Å². The van der Waals surface area contributed by atoms with E-state index in [9.17, 15) is 9.59 Å². The summed E-state index contributed by atoms with van der Waals surface area (Å²) >= 11 is 0. The minimum absolute atomic E-state index is 0.281. The standard InChI is InChI=1S/C27H26N2O5/c1-3-32-21-14-10-18(11-15-21)24-23-25(34-29(24)20-8-6-5-7-9-20)27(31)28(26(23)30)19-12-16-22(17-13-19)33-4-2/h5-17,23-25H,3-4H2,1-2H3/t23-,24+,25-/m1/s1. The maximum atomic E-state index is 13.7. The molecule has 0 saturated carbocycles. The molecule has 3 aromatic carbocycles. The first-order chi connectivity index (χ1) is 16.6. The second-order valence-electron chi connectivity index (χ2n) is 8.10. The van der Waals surface area contributed by atoms with E-state index in [1.807, 2.05) is 68.4 Å². The maximum Gasteiger partial charge on any atom is 0.266 e. The first kappa shape index (κ1) is 22.0. The lowest BCUT2D eigenvalue weighted by Crippen LogP contribution is -2.37. The summed E-state index contributed by atoms with van der Waals surface area (Å²) in [5, 5.41) is 1.69. The SMILES string of the molecule is CCOc1ccc([C@H]2[C@H]3C(=O)N(c4ccc(OCC)cc4)C(=O)[C@@H]3ON2c2ccccc2)cc1. The number of nitrogens with zero attached hydrogens (tertiary/aromatic N) is 2. The summed E-state index contributed by atoms with van der Waals surface area (Å²) in [7, 11) is 0. The third-order valence-corrected chi connectivity index (χ3v) is 6.06. The number of carbonyl (C=O) groups excluding carboxylic acids is 2. The number of hydroxylamine groups is 1. The Balaban J connectivity index is 1.51. The number of amides is 2. The summed E-state index contributed by atoms with van der Waals surface area (Å²) in [5.74, 6) is 0.101. The Morgan fingerprint density at radius 3 is 1.91 bits per heavy atom. The maximum absolute atomic E-state index is 13.7. The molecule has 2 saturated heterocycles. The van der Waals surface area contributed by atoms with Gasteiger partial charge in [-0.05, 0) is 67.9 Å². The average molecular weight is 459 g/mol. The molecule has 34 heavy (non-hydrogen) atoms. The van der Waals surface area contributed by atoms with Gasteiger partial charge in [-0.1, -0.05) is 30.3 Å². The number of carbonyl (C=O) groups is 2. The Morgan fingerprint density at radius 1 is 0.735 bits per heavy atom. The van der Waals surface area contributed by atoms with Crippen LogP contribution < -0.4 is 19.4 Å². The molecule has 2 aliphatic rings. The minimum Gasteiger partial charge on any atom is -0.494 e. The van der Waals surface area contributed by atoms with Gasteiger partial charge in [0.2, 0.25) is 5.91 Å². The molecule has 0 N–H and O–H groups in total. The van der Waals surface area contributed by atoms with Gasteiger partial charge in [-0.15, -0.1) is 0 Å². The minimum atomic E-state index is -0.907. The fourth-order valence-corrected chi connectivity index (χ4v) is 4.59. The number of hydrogen-bond acceptors (Lipinski definition) is 6. The fraction of sp³-hybridized carbons (Fsp3) is 0.259. The van der Waals surface area contributed by atoms with Crippen molar-refractivity contribution in [2.75, 3.05) is 23.2 Å². The van der Waals surface area contributed by atoms with Crippen LogP contribution in [0.2, 0.25) is 0 Å². The van der Waals surface area contributed by atoms with Crippen molar-refractivity contribution in [2.24, 2.45) is 5.92 Å². The molecule has 0 aliphatic carbocycles. The van der Waals surface area contributed by atoms with Crippen molar-refractivity contribution in [1.82, 2.24) is 0 Å². The van der Waals surface area contributed by atoms with Crippen molar-refractivity contribution in [3.05, 3.63) is 84.4 Å². The van der Waals surface area contributed by atoms with Crippen molar-refractivity contribution in [2.45, 2.75) is 26.0 Å². The molecule has 0 bridgehead atoms. The number of ether oxygens (including phenoxy) is 2. The third kappa shape index (κ3) is 3.78. The highest BCUT2D eigenvalue weighted by Crippen LogP contribution is 2.47. The van der Waals surface area contributed by atoms with E-state index in [-0.39, 0.29) is 11.8 Å². The molecule has 2 fully saturated rings. The summed E-state index contributed by atoms with van der Waals surface area (Å²) < 4.78 is 11.1. The lowest BCUT2D eigenvalue weighted by molar-refractivity contribution is -0.126. The van der Waals surface area contributed by atoms with Gasteiger partial charge in [0, 0.05) is 0 Å². The number of anilines is 2. The monoisotopic (exact) mass is 458 g/mol. The van der Waals surface area contributed by atoms with Crippen molar-refractivity contribution in [3.8, 4) is 11.5 Å². The van der Waals surface area contributed by atoms with Crippen LogP contribution in [0.1, 0.15) is 25.5 Å². The van der Waals surface area contributed by atoms with Gasteiger partial charge in [0.1, 0.15) is 17.4 Å². The molecule has 5 rings (SSSR count). The molecule has 3 atom stereocenters. The van der Waals surface area contributed by atoms with E-state index in [0.717, 1.165) is 17.0 Å². The molecule has 2 heterocycles.